The fourth-order valence-corrected chi connectivity index (χ4v) is 5.51. The van der Waals surface area contributed by atoms with Crippen molar-refractivity contribution < 1.29 is 9.21 Å². The van der Waals surface area contributed by atoms with Crippen LogP contribution in [0.15, 0.2) is 32.8 Å². The Labute approximate surface area is 158 Å². The largest absolute Gasteiger partial charge is 0.467 e. The Morgan fingerprint density at radius 2 is 2.38 bits per heavy atom. The molecule has 0 radical (unpaired) electrons. The highest BCUT2D eigenvalue weighted by atomic mass is 32.2. The molecule has 26 heavy (non-hydrogen) atoms. The van der Waals surface area contributed by atoms with Crippen molar-refractivity contribution in [3.63, 3.8) is 0 Å². The van der Waals surface area contributed by atoms with Gasteiger partial charge in [0.25, 0.3) is 5.56 Å². The Balaban J connectivity index is 1.87. The summed E-state index contributed by atoms with van der Waals surface area (Å²) in [5.41, 5.74) is 6.37. The molecular weight excluding hydrogens is 370 g/mol. The lowest BCUT2D eigenvalue weighted by molar-refractivity contribution is -0.115. The number of carbonyl (C=O) groups is 1. The Bertz CT molecular complexity index is 1020. The number of furan rings is 1. The number of hydrogen-bond acceptors (Lipinski definition) is 6. The molecule has 8 heteroatoms. The van der Waals surface area contributed by atoms with Gasteiger partial charge in [0.05, 0.1) is 23.9 Å². The van der Waals surface area contributed by atoms with Gasteiger partial charge in [-0.2, -0.15) is 0 Å². The van der Waals surface area contributed by atoms with Gasteiger partial charge in [0.1, 0.15) is 10.6 Å². The van der Waals surface area contributed by atoms with E-state index in [4.69, 9.17) is 15.1 Å². The zero-order valence-electron chi connectivity index (χ0n) is 14.4. The lowest BCUT2D eigenvalue weighted by atomic mass is 9.89. The zero-order chi connectivity index (χ0) is 18.3. The van der Waals surface area contributed by atoms with E-state index in [1.54, 1.807) is 28.2 Å². The first-order valence-corrected chi connectivity index (χ1v) is 10.3. The molecule has 0 aliphatic heterocycles. The molecule has 3 aromatic rings. The van der Waals surface area contributed by atoms with E-state index in [2.05, 4.69) is 6.92 Å². The van der Waals surface area contributed by atoms with Crippen LogP contribution in [0.1, 0.15) is 29.5 Å². The molecule has 1 amide bonds. The molecule has 0 aromatic carbocycles. The van der Waals surface area contributed by atoms with E-state index in [1.165, 1.54) is 16.6 Å². The molecule has 1 aliphatic rings. The maximum atomic E-state index is 13.3. The fourth-order valence-electron chi connectivity index (χ4n) is 3.35. The molecular formula is C18H19N3O3S2. The Morgan fingerprint density at radius 1 is 1.54 bits per heavy atom. The van der Waals surface area contributed by atoms with Crippen LogP contribution in [0.2, 0.25) is 0 Å². The molecule has 0 unspecified atom stereocenters. The van der Waals surface area contributed by atoms with E-state index >= 15 is 0 Å². The number of nitrogens with two attached hydrogens (primary N) is 1. The third-order valence-electron chi connectivity index (χ3n) is 4.62. The van der Waals surface area contributed by atoms with E-state index in [0.717, 1.165) is 35.0 Å². The summed E-state index contributed by atoms with van der Waals surface area (Å²) >= 11 is 2.80. The maximum Gasteiger partial charge on any atom is 0.263 e. The van der Waals surface area contributed by atoms with Crippen LogP contribution >= 0.6 is 23.1 Å². The van der Waals surface area contributed by atoms with Crippen molar-refractivity contribution in [3.05, 3.63) is 45.0 Å². The van der Waals surface area contributed by atoms with E-state index in [-0.39, 0.29) is 17.9 Å². The van der Waals surface area contributed by atoms with E-state index in [1.807, 2.05) is 6.07 Å². The van der Waals surface area contributed by atoms with Crippen LogP contribution in [0, 0.1) is 5.92 Å². The average molecular weight is 390 g/mol. The van der Waals surface area contributed by atoms with E-state index in [0.29, 0.717) is 16.8 Å². The molecule has 2 N–H and O–H groups in total. The molecule has 3 heterocycles. The number of aryl methyl sites for hydroxylation is 1. The number of primary amides is 1. The van der Waals surface area contributed by atoms with Gasteiger partial charge in [-0.05, 0) is 42.9 Å². The van der Waals surface area contributed by atoms with Crippen LogP contribution in [-0.2, 0) is 24.2 Å². The van der Waals surface area contributed by atoms with Crippen molar-refractivity contribution in [3.8, 4) is 0 Å². The number of thioether (sulfide) groups is 1. The molecule has 3 aromatic heterocycles. The fraction of sp³-hybridized carbons (Fsp3) is 0.389. The maximum absolute atomic E-state index is 13.3. The monoisotopic (exact) mass is 389 g/mol. The summed E-state index contributed by atoms with van der Waals surface area (Å²) in [4.78, 5) is 31.3. The topological polar surface area (TPSA) is 91.1 Å². The summed E-state index contributed by atoms with van der Waals surface area (Å²) in [6.07, 6.45) is 4.59. The third kappa shape index (κ3) is 3.19. The minimum atomic E-state index is -0.437. The summed E-state index contributed by atoms with van der Waals surface area (Å²) in [5.74, 6) is 0.947. The van der Waals surface area contributed by atoms with Gasteiger partial charge in [0, 0.05) is 4.88 Å². The van der Waals surface area contributed by atoms with Crippen LogP contribution in [-0.4, -0.2) is 21.2 Å². The van der Waals surface area contributed by atoms with E-state index in [9.17, 15) is 9.59 Å². The Kier molecular flexibility index (Phi) is 4.62. The molecule has 0 saturated carbocycles. The predicted molar refractivity (Wildman–Crippen MR) is 103 cm³/mol. The van der Waals surface area contributed by atoms with Gasteiger partial charge in [0.2, 0.25) is 5.91 Å². The van der Waals surface area contributed by atoms with Crippen LogP contribution in [0.3, 0.4) is 0 Å². The second-order valence-corrected chi connectivity index (χ2v) is 8.68. The second kappa shape index (κ2) is 6.92. The highest BCUT2D eigenvalue weighted by Gasteiger charge is 2.25. The number of fused-ring (bicyclic) bond motifs is 3. The van der Waals surface area contributed by atoms with Crippen LogP contribution in [0.4, 0.5) is 0 Å². The van der Waals surface area contributed by atoms with Crippen LogP contribution in [0.5, 0.6) is 0 Å². The lowest BCUT2D eigenvalue weighted by Crippen LogP contribution is -2.25. The van der Waals surface area contributed by atoms with Gasteiger partial charge in [-0.3, -0.25) is 14.2 Å². The molecule has 0 fully saturated rings. The number of aromatic nitrogens is 2. The minimum Gasteiger partial charge on any atom is -0.467 e. The molecule has 0 saturated heterocycles. The number of hydrogen-bond donors (Lipinski definition) is 1. The molecule has 6 nitrogen and oxygen atoms in total. The summed E-state index contributed by atoms with van der Waals surface area (Å²) in [6.45, 7) is 2.53. The number of carbonyl (C=O) groups excluding carboxylic acids is 1. The number of rotatable bonds is 5. The van der Waals surface area contributed by atoms with Gasteiger partial charge >= 0.3 is 0 Å². The molecule has 0 spiro atoms. The van der Waals surface area contributed by atoms with Crippen LogP contribution < -0.4 is 11.3 Å². The van der Waals surface area contributed by atoms with Crippen molar-refractivity contribution >= 4 is 39.2 Å². The molecule has 136 valence electrons. The third-order valence-corrected chi connectivity index (χ3v) is 6.76. The molecule has 1 aliphatic carbocycles. The second-order valence-electron chi connectivity index (χ2n) is 6.65. The van der Waals surface area contributed by atoms with Crippen molar-refractivity contribution in [2.45, 2.75) is 37.9 Å². The Morgan fingerprint density at radius 3 is 3.12 bits per heavy atom. The summed E-state index contributed by atoms with van der Waals surface area (Å²) in [5, 5.41) is 1.23. The number of nitrogens with zero attached hydrogens (tertiary/aromatic N) is 2. The number of amides is 1. The first kappa shape index (κ1) is 17.4. The molecule has 1 atom stereocenters. The predicted octanol–water partition coefficient (Wildman–Crippen LogP) is 2.80. The summed E-state index contributed by atoms with van der Waals surface area (Å²) in [7, 11) is 0. The number of thiophene rings is 1. The van der Waals surface area contributed by atoms with Gasteiger partial charge < -0.3 is 10.2 Å². The van der Waals surface area contributed by atoms with E-state index < -0.39 is 5.91 Å². The zero-order valence-corrected chi connectivity index (χ0v) is 16.0. The normalized spacial score (nSPS) is 16.7. The highest BCUT2D eigenvalue weighted by Crippen LogP contribution is 2.36. The Hall–Kier alpha value is -2.06. The van der Waals surface area contributed by atoms with Gasteiger partial charge in [0.15, 0.2) is 5.16 Å². The SMILES string of the molecule is C[C@H]1CCc2c(sc3nc(SCC(N)=O)n(Cc4ccco4)c(=O)c23)C1. The minimum absolute atomic E-state index is 0.0644. The molecule has 0 bridgehead atoms. The lowest BCUT2D eigenvalue weighted by Gasteiger charge is -2.17. The van der Waals surface area contributed by atoms with Crippen molar-refractivity contribution in [1.82, 2.24) is 9.55 Å². The first-order chi connectivity index (χ1) is 12.5. The smallest absolute Gasteiger partial charge is 0.263 e. The summed E-state index contributed by atoms with van der Waals surface area (Å²) < 4.78 is 7.00. The highest BCUT2D eigenvalue weighted by molar-refractivity contribution is 7.99. The standard InChI is InChI=1S/C18H19N3O3S2/c1-10-4-5-12-13(7-10)26-16-15(12)17(23)21(8-11-3-2-6-24-11)18(20-16)25-9-14(19)22/h2-3,6,10H,4-5,7-9H2,1H3,(H2,19,22)/t10-/m0/s1. The van der Waals surface area contributed by atoms with Crippen molar-refractivity contribution in [1.29, 1.82) is 0 Å². The average Bonchev–Trinajstić information content (AvgIpc) is 3.22. The summed E-state index contributed by atoms with van der Waals surface area (Å²) in [6, 6.07) is 3.61. The van der Waals surface area contributed by atoms with Gasteiger partial charge in [-0.15, -0.1) is 11.3 Å². The first-order valence-electron chi connectivity index (χ1n) is 8.51. The van der Waals surface area contributed by atoms with Crippen molar-refractivity contribution in [2.75, 3.05) is 5.75 Å². The van der Waals surface area contributed by atoms with Gasteiger partial charge in [-0.1, -0.05) is 18.7 Å². The van der Waals surface area contributed by atoms with Gasteiger partial charge in [-0.25, -0.2) is 4.98 Å². The van der Waals surface area contributed by atoms with Crippen LogP contribution in [0.25, 0.3) is 10.2 Å². The quantitative estimate of drug-likeness (QED) is 0.535. The van der Waals surface area contributed by atoms with Crippen molar-refractivity contribution in [2.24, 2.45) is 11.7 Å². The molecule has 4 rings (SSSR count).